The van der Waals surface area contributed by atoms with Gasteiger partial charge in [0.05, 0.1) is 0 Å². The van der Waals surface area contributed by atoms with Crippen molar-refractivity contribution in [1.29, 1.82) is 0 Å². The van der Waals surface area contributed by atoms with Crippen LogP contribution in [0, 0.1) is 0 Å². The standard InChI is InChI=1S/C11H17NO3/c1-4-14-11(15-5-2)12-7-6-10(8-12)9(3)13/h6-8,11H,4-5H2,1-3H3. The second-order valence-corrected chi connectivity index (χ2v) is 3.12. The van der Waals surface area contributed by atoms with Crippen molar-refractivity contribution >= 4 is 5.78 Å². The second-order valence-electron chi connectivity index (χ2n) is 3.12. The van der Waals surface area contributed by atoms with Gasteiger partial charge in [-0.1, -0.05) is 0 Å². The first-order chi connectivity index (χ1) is 7.19. The minimum atomic E-state index is -0.437. The van der Waals surface area contributed by atoms with Gasteiger partial charge < -0.3 is 14.0 Å². The van der Waals surface area contributed by atoms with Gasteiger partial charge in [-0.25, -0.2) is 0 Å². The molecule has 0 spiro atoms. The van der Waals surface area contributed by atoms with E-state index in [4.69, 9.17) is 9.47 Å². The Bertz CT molecular complexity index is 313. The molecule has 0 bridgehead atoms. The van der Waals surface area contributed by atoms with E-state index in [1.54, 1.807) is 23.0 Å². The SMILES string of the molecule is CCOC(OCC)n1ccc(C(C)=O)c1. The first-order valence-corrected chi connectivity index (χ1v) is 5.10. The zero-order chi connectivity index (χ0) is 11.3. The Morgan fingerprint density at radius 2 is 2.00 bits per heavy atom. The van der Waals surface area contributed by atoms with E-state index in [-0.39, 0.29) is 5.78 Å². The van der Waals surface area contributed by atoms with Crippen LogP contribution in [0.5, 0.6) is 0 Å². The van der Waals surface area contributed by atoms with E-state index < -0.39 is 6.41 Å². The van der Waals surface area contributed by atoms with Gasteiger partial charge >= 0.3 is 0 Å². The van der Waals surface area contributed by atoms with E-state index >= 15 is 0 Å². The monoisotopic (exact) mass is 211 g/mol. The van der Waals surface area contributed by atoms with Crippen molar-refractivity contribution in [1.82, 2.24) is 4.57 Å². The maximum atomic E-state index is 11.1. The first-order valence-electron chi connectivity index (χ1n) is 5.10. The number of ether oxygens (including phenoxy) is 2. The van der Waals surface area contributed by atoms with Gasteiger partial charge in [0.1, 0.15) is 0 Å². The van der Waals surface area contributed by atoms with Gasteiger partial charge in [-0.15, -0.1) is 0 Å². The lowest BCUT2D eigenvalue weighted by Gasteiger charge is -2.17. The molecule has 4 nitrogen and oxygen atoms in total. The van der Waals surface area contributed by atoms with Crippen LogP contribution in [-0.2, 0) is 9.47 Å². The van der Waals surface area contributed by atoms with Gasteiger partial charge in [-0.05, 0) is 26.8 Å². The van der Waals surface area contributed by atoms with Crippen LogP contribution in [-0.4, -0.2) is 23.6 Å². The highest BCUT2D eigenvalue weighted by Gasteiger charge is 2.11. The Balaban J connectivity index is 2.76. The maximum Gasteiger partial charge on any atom is 0.243 e. The topological polar surface area (TPSA) is 40.5 Å². The number of rotatable bonds is 6. The fourth-order valence-electron chi connectivity index (χ4n) is 1.26. The highest BCUT2D eigenvalue weighted by molar-refractivity contribution is 5.93. The molecular formula is C11H17NO3. The van der Waals surface area contributed by atoms with Gasteiger partial charge in [-0.3, -0.25) is 4.79 Å². The van der Waals surface area contributed by atoms with Crippen LogP contribution in [0.2, 0.25) is 0 Å². The molecule has 1 heterocycles. The van der Waals surface area contributed by atoms with Crippen molar-refractivity contribution in [3.63, 3.8) is 0 Å². The summed E-state index contributed by atoms with van der Waals surface area (Å²) < 4.78 is 12.5. The van der Waals surface area contributed by atoms with Gasteiger partial charge in [0.2, 0.25) is 6.41 Å². The lowest BCUT2D eigenvalue weighted by molar-refractivity contribution is -0.185. The molecule has 1 rings (SSSR count). The second kappa shape index (κ2) is 5.68. The third kappa shape index (κ3) is 3.18. The Labute approximate surface area is 89.8 Å². The van der Waals surface area contributed by atoms with Crippen molar-refractivity contribution < 1.29 is 14.3 Å². The molecule has 0 radical (unpaired) electrons. The summed E-state index contributed by atoms with van der Waals surface area (Å²) in [6, 6.07) is 1.76. The summed E-state index contributed by atoms with van der Waals surface area (Å²) in [4.78, 5) is 11.1. The molecule has 0 aliphatic rings. The van der Waals surface area contributed by atoms with Crippen molar-refractivity contribution in [2.45, 2.75) is 27.2 Å². The number of ketones is 1. The number of Topliss-reactive ketones (excluding diaryl/α,β-unsaturated/α-hetero) is 1. The number of carbonyl (C=O) groups is 1. The predicted molar refractivity (Wildman–Crippen MR) is 56.7 cm³/mol. The molecule has 4 heteroatoms. The fraction of sp³-hybridized carbons (Fsp3) is 0.545. The molecule has 84 valence electrons. The zero-order valence-corrected chi connectivity index (χ0v) is 9.40. The van der Waals surface area contributed by atoms with Gasteiger partial charge in [0.25, 0.3) is 0 Å². The van der Waals surface area contributed by atoms with Gasteiger partial charge in [0.15, 0.2) is 5.78 Å². The van der Waals surface area contributed by atoms with Crippen molar-refractivity contribution in [3.8, 4) is 0 Å². The Morgan fingerprint density at radius 1 is 1.40 bits per heavy atom. The molecule has 0 aliphatic carbocycles. The number of carbonyl (C=O) groups excluding carboxylic acids is 1. The minimum Gasteiger partial charge on any atom is -0.335 e. The molecule has 1 aromatic heterocycles. The maximum absolute atomic E-state index is 11.1. The third-order valence-corrected chi connectivity index (χ3v) is 1.98. The van der Waals surface area contributed by atoms with E-state index in [1.165, 1.54) is 6.92 Å². The molecule has 15 heavy (non-hydrogen) atoms. The molecule has 0 saturated heterocycles. The van der Waals surface area contributed by atoms with Crippen molar-refractivity contribution in [3.05, 3.63) is 24.0 Å². The normalized spacial score (nSPS) is 10.9. The lowest BCUT2D eigenvalue weighted by atomic mass is 10.2. The van der Waals surface area contributed by atoms with Crippen LogP contribution >= 0.6 is 0 Å². The summed E-state index contributed by atoms with van der Waals surface area (Å²) in [6.07, 6.45) is 3.08. The van der Waals surface area contributed by atoms with E-state index in [9.17, 15) is 4.79 Å². The number of aromatic nitrogens is 1. The molecule has 0 aliphatic heterocycles. The summed E-state index contributed by atoms with van der Waals surface area (Å²) in [6.45, 7) is 6.48. The van der Waals surface area contributed by atoms with E-state index in [0.29, 0.717) is 18.8 Å². The number of hydrogen-bond acceptors (Lipinski definition) is 3. The molecule has 0 unspecified atom stereocenters. The van der Waals surface area contributed by atoms with E-state index in [2.05, 4.69) is 0 Å². The van der Waals surface area contributed by atoms with Crippen LogP contribution < -0.4 is 0 Å². The summed E-state index contributed by atoms with van der Waals surface area (Å²) >= 11 is 0. The van der Waals surface area contributed by atoms with Crippen LogP contribution in [0.25, 0.3) is 0 Å². The predicted octanol–water partition coefficient (Wildman–Crippen LogP) is 2.22. The van der Waals surface area contributed by atoms with Crippen molar-refractivity contribution in [2.24, 2.45) is 0 Å². The summed E-state index contributed by atoms with van der Waals surface area (Å²) in [5.74, 6) is 0.0421. The van der Waals surface area contributed by atoms with Crippen LogP contribution in [0.1, 0.15) is 37.5 Å². The van der Waals surface area contributed by atoms with Crippen molar-refractivity contribution in [2.75, 3.05) is 13.2 Å². The molecule has 0 amide bonds. The highest BCUT2D eigenvalue weighted by Crippen LogP contribution is 2.13. The average molecular weight is 211 g/mol. The Kier molecular flexibility index (Phi) is 4.52. The Hall–Kier alpha value is -1.13. The molecule has 0 aromatic carbocycles. The number of nitrogens with zero attached hydrogens (tertiary/aromatic N) is 1. The quantitative estimate of drug-likeness (QED) is 0.535. The molecule has 0 N–H and O–H groups in total. The van der Waals surface area contributed by atoms with Crippen LogP contribution in [0.4, 0.5) is 0 Å². The first kappa shape index (κ1) is 11.9. The number of hydrogen-bond donors (Lipinski definition) is 0. The Morgan fingerprint density at radius 3 is 2.40 bits per heavy atom. The summed E-state index contributed by atoms with van der Waals surface area (Å²) in [7, 11) is 0. The molecular weight excluding hydrogens is 194 g/mol. The van der Waals surface area contributed by atoms with Crippen LogP contribution in [0.15, 0.2) is 18.5 Å². The van der Waals surface area contributed by atoms with Gasteiger partial charge in [0, 0.05) is 31.2 Å². The molecule has 1 aromatic rings. The average Bonchev–Trinajstić information content (AvgIpc) is 2.66. The van der Waals surface area contributed by atoms with E-state index in [0.717, 1.165) is 0 Å². The summed E-state index contributed by atoms with van der Waals surface area (Å²) in [5.41, 5.74) is 0.666. The molecule has 0 atom stereocenters. The minimum absolute atomic E-state index is 0.0421. The molecule has 0 saturated carbocycles. The fourth-order valence-corrected chi connectivity index (χ4v) is 1.26. The molecule has 0 fully saturated rings. The third-order valence-electron chi connectivity index (χ3n) is 1.98. The largest absolute Gasteiger partial charge is 0.335 e. The lowest BCUT2D eigenvalue weighted by Crippen LogP contribution is -2.15. The van der Waals surface area contributed by atoms with Crippen LogP contribution in [0.3, 0.4) is 0 Å². The smallest absolute Gasteiger partial charge is 0.243 e. The highest BCUT2D eigenvalue weighted by atomic mass is 16.7. The van der Waals surface area contributed by atoms with Gasteiger partial charge in [-0.2, -0.15) is 0 Å². The van der Waals surface area contributed by atoms with E-state index in [1.807, 2.05) is 13.8 Å². The zero-order valence-electron chi connectivity index (χ0n) is 9.40. The summed E-state index contributed by atoms with van der Waals surface area (Å²) in [5, 5.41) is 0.